The summed E-state index contributed by atoms with van der Waals surface area (Å²) in [7, 11) is 0. The molecule has 0 spiro atoms. The van der Waals surface area contributed by atoms with Gasteiger partial charge < -0.3 is 10.2 Å². The summed E-state index contributed by atoms with van der Waals surface area (Å²) in [4.78, 5) is 28.3. The van der Waals surface area contributed by atoms with Gasteiger partial charge in [0.25, 0.3) is 11.6 Å². The lowest BCUT2D eigenvalue weighted by molar-refractivity contribution is -0.384. The van der Waals surface area contributed by atoms with Gasteiger partial charge in [-0.1, -0.05) is 0 Å². The molecular formula is C18H24N4O3. The Morgan fingerprint density at radius 3 is 2.80 bits per heavy atom. The molecule has 4 rings (SSSR count). The zero-order valence-corrected chi connectivity index (χ0v) is 14.5. The first-order chi connectivity index (χ1) is 12.0. The maximum Gasteiger partial charge on any atom is 0.293 e. The van der Waals surface area contributed by atoms with Crippen molar-refractivity contribution in [2.75, 3.05) is 25.0 Å². The number of benzene rings is 1. The molecule has 1 aromatic rings. The number of nitro benzene ring substituents is 1. The molecule has 2 saturated heterocycles. The average molecular weight is 344 g/mol. The molecule has 2 unspecified atom stereocenters. The molecule has 0 radical (unpaired) electrons. The number of anilines is 1. The summed E-state index contributed by atoms with van der Waals surface area (Å²) >= 11 is 0. The molecule has 1 aromatic carbocycles. The van der Waals surface area contributed by atoms with Gasteiger partial charge in [-0.15, -0.1) is 0 Å². The van der Waals surface area contributed by atoms with Crippen LogP contribution >= 0.6 is 0 Å². The van der Waals surface area contributed by atoms with E-state index >= 15 is 0 Å². The van der Waals surface area contributed by atoms with Gasteiger partial charge in [0.2, 0.25) is 0 Å². The van der Waals surface area contributed by atoms with Crippen molar-refractivity contribution < 1.29 is 9.72 Å². The van der Waals surface area contributed by atoms with Crippen molar-refractivity contribution in [3.05, 3.63) is 33.9 Å². The summed E-state index contributed by atoms with van der Waals surface area (Å²) in [6, 6.07) is 5.72. The lowest BCUT2D eigenvalue weighted by atomic mass is 10.1. The van der Waals surface area contributed by atoms with Gasteiger partial charge in [-0.05, 0) is 51.3 Å². The number of rotatable bonds is 4. The van der Waals surface area contributed by atoms with E-state index in [9.17, 15) is 14.9 Å². The van der Waals surface area contributed by atoms with Gasteiger partial charge in [-0.25, -0.2) is 0 Å². The molecule has 2 atom stereocenters. The molecule has 7 nitrogen and oxygen atoms in total. The highest BCUT2D eigenvalue weighted by molar-refractivity contribution is 5.96. The lowest BCUT2D eigenvalue weighted by Gasteiger charge is -2.42. The monoisotopic (exact) mass is 344 g/mol. The van der Waals surface area contributed by atoms with E-state index < -0.39 is 4.92 Å². The summed E-state index contributed by atoms with van der Waals surface area (Å²) in [5.74, 6) is -0.0971. The van der Waals surface area contributed by atoms with Crippen LogP contribution in [0.2, 0.25) is 0 Å². The molecule has 0 aromatic heterocycles. The maximum absolute atomic E-state index is 13.0. The Morgan fingerprint density at radius 1 is 1.28 bits per heavy atom. The SMILES string of the molecule is CC1CN2CCCC2CN1C(=O)c1ccc(NC2CC2)c([N+](=O)[O-])c1. The normalized spacial score (nSPS) is 26.4. The summed E-state index contributed by atoms with van der Waals surface area (Å²) in [6.07, 6.45) is 4.40. The topological polar surface area (TPSA) is 78.7 Å². The molecule has 7 heteroatoms. The Bertz CT molecular complexity index is 704. The van der Waals surface area contributed by atoms with Crippen LogP contribution < -0.4 is 5.32 Å². The van der Waals surface area contributed by atoms with Gasteiger partial charge in [-0.2, -0.15) is 0 Å². The number of piperazine rings is 1. The molecule has 3 aliphatic rings. The molecule has 0 bridgehead atoms. The number of hydrogen-bond donors (Lipinski definition) is 1. The third-order valence-corrected chi connectivity index (χ3v) is 5.58. The van der Waals surface area contributed by atoms with Crippen molar-refractivity contribution in [2.24, 2.45) is 0 Å². The second kappa shape index (κ2) is 6.29. The van der Waals surface area contributed by atoms with Crippen LogP contribution in [-0.4, -0.2) is 58.4 Å². The molecular weight excluding hydrogens is 320 g/mol. The number of nitrogens with one attached hydrogen (secondary N) is 1. The fourth-order valence-corrected chi connectivity index (χ4v) is 4.02. The van der Waals surface area contributed by atoms with E-state index in [0.717, 1.165) is 38.9 Å². The molecule has 1 amide bonds. The number of hydrogen-bond acceptors (Lipinski definition) is 5. The molecule has 3 fully saturated rings. The zero-order valence-electron chi connectivity index (χ0n) is 14.5. The predicted octanol–water partition coefficient (Wildman–Crippen LogP) is 2.48. The van der Waals surface area contributed by atoms with Crippen LogP contribution in [0.1, 0.15) is 43.0 Å². The van der Waals surface area contributed by atoms with Crippen molar-refractivity contribution in [2.45, 2.75) is 50.7 Å². The van der Waals surface area contributed by atoms with Crippen LogP contribution in [0.4, 0.5) is 11.4 Å². The van der Waals surface area contributed by atoms with Gasteiger partial charge in [0.15, 0.2) is 0 Å². The first-order valence-corrected chi connectivity index (χ1v) is 9.13. The zero-order chi connectivity index (χ0) is 17.6. The second-order valence-electron chi connectivity index (χ2n) is 7.51. The maximum atomic E-state index is 13.0. The largest absolute Gasteiger partial charge is 0.377 e. The number of amides is 1. The molecule has 1 saturated carbocycles. The van der Waals surface area contributed by atoms with E-state index in [1.54, 1.807) is 12.1 Å². The standard InChI is InChI=1S/C18H24N4O3/c1-12-10-20-8-2-3-15(20)11-21(12)18(23)13-4-7-16(19-14-5-6-14)17(9-13)22(24)25/h4,7,9,12,14-15,19H,2-3,5-6,8,10-11H2,1H3. The highest BCUT2D eigenvalue weighted by Gasteiger charge is 2.37. The number of nitro groups is 1. The lowest BCUT2D eigenvalue weighted by Crippen LogP contribution is -2.56. The van der Waals surface area contributed by atoms with Crippen molar-refractivity contribution in [3.8, 4) is 0 Å². The first-order valence-electron chi connectivity index (χ1n) is 9.13. The minimum atomic E-state index is -0.403. The minimum Gasteiger partial charge on any atom is -0.377 e. The van der Waals surface area contributed by atoms with Gasteiger partial charge in [0.1, 0.15) is 5.69 Å². The predicted molar refractivity (Wildman–Crippen MR) is 94.8 cm³/mol. The summed E-state index contributed by atoms with van der Waals surface area (Å²) in [6.45, 7) is 4.78. The van der Waals surface area contributed by atoms with Gasteiger partial charge in [0, 0.05) is 42.8 Å². The van der Waals surface area contributed by atoms with Gasteiger partial charge in [0.05, 0.1) is 4.92 Å². The number of carbonyl (C=O) groups excluding carboxylic acids is 1. The molecule has 2 heterocycles. The van der Waals surface area contributed by atoms with Crippen LogP contribution in [-0.2, 0) is 0 Å². The number of carbonyl (C=O) groups is 1. The molecule has 2 aliphatic heterocycles. The number of nitrogens with zero attached hydrogens (tertiary/aromatic N) is 3. The molecule has 134 valence electrons. The van der Waals surface area contributed by atoms with Crippen molar-refractivity contribution in [1.29, 1.82) is 0 Å². The molecule has 1 aliphatic carbocycles. The fraction of sp³-hybridized carbons (Fsp3) is 0.611. The van der Waals surface area contributed by atoms with Crippen molar-refractivity contribution >= 4 is 17.3 Å². The van der Waals surface area contributed by atoms with Crippen LogP contribution in [0.15, 0.2) is 18.2 Å². The summed E-state index contributed by atoms with van der Waals surface area (Å²) in [5, 5.41) is 14.6. The van der Waals surface area contributed by atoms with Crippen molar-refractivity contribution in [3.63, 3.8) is 0 Å². The summed E-state index contributed by atoms with van der Waals surface area (Å²) in [5.41, 5.74) is 0.911. The van der Waals surface area contributed by atoms with E-state index in [1.165, 1.54) is 12.5 Å². The molecule has 25 heavy (non-hydrogen) atoms. The third-order valence-electron chi connectivity index (χ3n) is 5.58. The highest BCUT2D eigenvalue weighted by atomic mass is 16.6. The van der Waals surface area contributed by atoms with Crippen LogP contribution in [0, 0.1) is 10.1 Å². The first kappa shape index (κ1) is 16.3. The van der Waals surface area contributed by atoms with Crippen LogP contribution in [0.5, 0.6) is 0 Å². The van der Waals surface area contributed by atoms with Crippen molar-refractivity contribution in [1.82, 2.24) is 9.80 Å². The van der Waals surface area contributed by atoms with Crippen LogP contribution in [0.25, 0.3) is 0 Å². The Labute approximate surface area is 147 Å². The van der Waals surface area contributed by atoms with Gasteiger partial charge >= 0.3 is 0 Å². The Kier molecular flexibility index (Phi) is 4.11. The summed E-state index contributed by atoms with van der Waals surface area (Å²) < 4.78 is 0. The van der Waals surface area contributed by atoms with E-state index in [1.807, 2.05) is 4.90 Å². The van der Waals surface area contributed by atoms with E-state index in [2.05, 4.69) is 17.1 Å². The third kappa shape index (κ3) is 3.20. The number of fused-ring (bicyclic) bond motifs is 1. The quantitative estimate of drug-likeness (QED) is 0.670. The van der Waals surface area contributed by atoms with E-state index in [0.29, 0.717) is 23.3 Å². The minimum absolute atomic E-state index is 0.00935. The Morgan fingerprint density at radius 2 is 2.08 bits per heavy atom. The Hall–Kier alpha value is -2.15. The van der Waals surface area contributed by atoms with E-state index in [4.69, 9.17) is 0 Å². The fourth-order valence-electron chi connectivity index (χ4n) is 4.02. The Balaban J connectivity index is 1.56. The smallest absolute Gasteiger partial charge is 0.293 e. The highest BCUT2D eigenvalue weighted by Crippen LogP contribution is 2.32. The second-order valence-corrected chi connectivity index (χ2v) is 7.51. The van der Waals surface area contributed by atoms with E-state index in [-0.39, 0.29) is 17.6 Å². The van der Waals surface area contributed by atoms with Crippen LogP contribution in [0.3, 0.4) is 0 Å². The molecule has 1 N–H and O–H groups in total. The average Bonchev–Trinajstić information content (AvgIpc) is 3.29. The van der Waals surface area contributed by atoms with Gasteiger partial charge in [-0.3, -0.25) is 19.8 Å².